The molecule has 1 N–H and O–H groups in total. The fourth-order valence-electron chi connectivity index (χ4n) is 3.84. The molecule has 0 radical (unpaired) electrons. The van der Waals surface area contributed by atoms with Gasteiger partial charge in [-0.1, -0.05) is 30.9 Å². The Morgan fingerprint density at radius 1 is 1.04 bits per heavy atom. The Balaban J connectivity index is 1.90. The molecule has 0 spiro atoms. The van der Waals surface area contributed by atoms with Gasteiger partial charge in [-0.15, -0.1) is 0 Å². The quantitative estimate of drug-likeness (QED) is 0.648. The van der Waals surface area contributed by atoms with Crippen molar-refractivity contribution in [2.24, 2.45) is 5.92 Å². The van der Waals surface area contributed by atoms with Gasteiger partial charge in [0, 0.05) is 16.5 Å². The molecule has 0 aliphatic heterocycles. The molecule has 6 heteroatoms. The molecule has 1 aliphatic carbocycles. The number of aliphatic hydroxyl groups is 1. The second-order valence-corrected chi connectivity index (χ2v) is 7.34. The van der Waals surface area contributed by atoms with Crippen LogP contribution in [0.5, 0.6) is 0 Å². The van der Waals surface area contributed by atoms with Gasteiger partial charge in [0.2, 0.25) is 0 Å². The second-order valence-electron chi connectivity index (χ2n) is 6.90. The first-order valence-corrected chi connectivity index (χ1v) is 9.24. The van der Waals surface area contributed by atoms with E-state index in [-0.39, 0.29) is 5.92 Å². The molecule has 0 saturated heterocycles. The van der Waals surface area contributed by atoms with E-state index in [1.165, 1.54) is 6.42 Å². The standard InChI is InChI=1S/C20H19ClF2N2O/c21-13-6-8-14(9-7-13)25-19(20(26)12-4-2-1-3-5-12)15-10-16(22)17(23)11-18(15)24-25/h6-12,20,26H,1-5H2. The maximum Gasteiger partial charge on any atom is 0.161 e. The number of hydrogen-bond donors (Lipinski definition) is 1. The molecule has 1 aliphatic rings. The maximum atomic E-state index is 13.9. The maximum absolute atomic E-state index is 13.9. The minimum absolute atomic E-state index is 0.0859. The van der Waals surface area contributed by atoms with Crippen LogP contribution in [0.2, 0.25) is 5.02 Å². The summed E-state index contributed by atoms with van der Waals surface area (Å²) >= 11 is 5.97. The lowest BCUT2D eigenvalue weighted by Gasteiger charge is -2.27. The van der Waals surface area contributed by atoms with Crippen molar-refractivity contribution in [1.29, 1.82) is 0 Å². The Labute approximate surface area is 155 Å². The largest absolute Gasteiger partial charge is 0.386 e. The Kier molecular flexibility index (Phi) is 4.67. The van der Waals surface area contributed by atoms with E-state index < -0.39 is 17.7 Å². The molecule has 1 fully saturated rings. The number of benzene rings is 2. The van der Waals surface area contributed by atoms with E-state index in [1.54, 1.807) is 28.9 Å². The highest BCUT2D eigenvalue weighted by molar-refractivity contribution is 6.30. The van der Waals surface area contributed by atoms with Crippen LogP contribution in [-0.4, -0.2) is 14.9 Å². The van der Waals surface area contributed by atoms with Crippen molar-refractivity contribution < 1.29 is 13.9 Å². The van der Waals surface area contributed by atoms with Crippen LogP contribution in [0, 0.1) is 17.6 Å². The van der Waals surface area contributed by atoms with Crippen LogP contribution in [0.25, 0.3) is 16.6 Å². The van der Waals surface area contributed by atoms with Gasteiger partial charge in [-0.25, -0.2) is 13.5 Å². The van der Waals surface area contributed by atoms with Crippen molar-refractivity contribution in [2.75, 3.05) is 0 Å². The zero-order chi connectivity index (χ0) is 18.3. The molecular formula is C20H19ClF2N2O. The SMILES string of the molecule is OC(c1c2cc(F)c(F)cc2nn1-c1ccc(Cl)cc1)C1CCCCC1. The van der Waals surface area contributed by atoms with E-state index in [0.29, 0.717) is 27.3 Å². The summed E-state index contributed by atoms with van der Waals surface area (Å²) in [6, 6.07) is 9.21. The summed E-state index contributed by atoms with van der Waals surface area (Å²) in [7, 11) is 0. The third kappa shape index (κ3) is 3.10. The molecule has 1 heterocycles. The van der Waals surface area contributed by atoms with Crippen molar-refractivity contribution >= 4 is 22.5 Å². The van der Waals surface area contributed by atoms with Crippen molar-refractivity contribution in [1.82, 2.24) is 9.78 Å². The van der Waals surface area contributed by atoms with Gasteiger partial charge in [-0.3, -0.25) is 0 Å². The normalized spacial score (nSPS) is 16.9. The highest BCUT2D eigenvalue weighted by Crippen LogP contribution is 2.38. The van der Waals surface area contributed by atoms with Gasteiger partial charge in [0.25, 0.3) is 0 Å². The molecule has 26 heavy (non-hydrogen) atoms. The van der Waals surface area contributed by atoms with Crippen LogP contribution in [0.15, 0.2) is 36.4 Å². The topological polar surface area (TPSA) is 38.1 Å². The van der Waals surface area contributed by atoms with Crippen LogP contribution < -0.4 is 0 Å². The number of halogens is 3. The van der Waals surface area contributed by atoms with E-state index in [9.17, 15) is 13.9 Å². The number of hydrogen-bond acceptors (Lipinski definition) is 2. The third-order valence-corrected chi connectivity index (χ3v) is 5.45. The van der Waals surface area contributed by atoms with Gasteiger partial charge < -0.3 is 5.11 Å². The highest BCUT2D eigenvalue weighted by atomic mass is 35.5. The summed E-state index contributed by atoms with van der Waals surface area (Å²) in [5, 5.41) is 16.5. The van der Waals surface area contributed by atoms with Gasteiger partial charge >= 0.3 is 0 Å². The van der Waals surface area contributed by atoms with Gasteiger partial charge in [-0.05, 0) is 49.1 Å². The Bertz CT molecular complexity index is 933. The van der Waals surface area contributed by atoms with E-state index >= 15 is 0 Å². The van der Waals surface area contributed by atoms with E-state index in [4.69, 9.17) is 11.6 Å². The Morgan fingerprint density at radius 3 is 2.38 bits per heavy atom. The molecule has 3 nitrogen and oxygen atoms in total. The highest BCUT2D eigenvalue weighted by Gasteiger charge is 2.29. The molecule has 1 aromatic heterocycles. The van der Waals surface area contributed by atoms with E-state index in [1.807, 2.05) is 0 Å². The number of aliphatic hydroxyl groups excluding tert-OH is 1. The van der Waals surface area contributed by atoms with E-state index in [0.717, 1.165) is 37.8 Å². The number of nitrogens with zero attached hydrogens (tertiary/aromatic N) is 2. The van der Waals surface area contributed by atoms with Gasteiger partial charge in [-0.2, -0.15) is 5.10 Å². The van der Waals surface area contributed by atoms with Crippen molar-refractivity contribution in [2.45, 2.75) is 38.2 Å². The van der Waals surface area contributed by atoms with Crippen LogP contribution in [-0.2, 0) is 0 Å². The van der Waals surface area contributed by atoms with Crippen LogP contribution >= 0.6 is 11.6 Å². The summed E-state index contributed by atoms with van der Waals surface area (Å²) in [4.78, 5) is 0. The van der Waals surface area contributed by atoms with Crippen LogP contribution in [0.4, 0.5) is 8.78 Å². The molecule has 3 aromatic rings. The zero-order valence-corrected chi connectivity index (χ0v) is 14.9. The average molecular weight is 377 g/mol. The molecular weight excluding hydrogens is 358 g/mol. The lowest BCUT2D eigenvalue weighted by molar-refractivity contribution is 0.0802. The summed E-state index contributed by atoms with van der Waals surface area (Å²) in [5.74, 6) is -1.80. The first kappa shape index (κ1) is 17.4. The predicted molar refractivity (Wildman–Crippen MR) is 97.5 cm³/mol. The minimum atomic E-state index is -0.947. The summed E-state index contributed by atoms with van der Waals surface area (Å²) in [6.45, 7) is 0. The Hall–Kier alpha value is -1.98. The number of rotatable bonds is 3. The molecule has 1 atom stereocenters. The zero-order valence-electron chi connectivity index (χ0n) is 14.1. The lowest BCUT2D eigenvalue weighted by atomic mass is 9.83. The third-order valence-electron chi connectivity index (χ3n) is 5.20. The van der Waals surface area contributed by atoms with Crippen molar-refractivity contribution in [3.8, 4) is 5.69 Å². The van der Waals surface area contributed by atoms with Gasteiger partial charge in [0.1, 0.15) is 0 Å². The number of aromatic nitrogens is 2. The van der Waals surface area contributed by atoms with Crippen LogP contribution in [0.3, 0.4) is 0 Å². The predicted octanol–water partition coefficient (Wildman–Crippen LogP) is 5.57. The summed E-state index contributed by atoms with van der Waals surface area (Å²) < 4.78 is 29.2. The fraction of sp³-hybridized carbons (Fsp3) is 0.350. The van der Waals surface area contributed by atoms with Gasteiger partial charge in [0.15, 0.2) is 11.6 Å². The minimum Gasteiger partial charge on any atom is -0.386 e. The first-order valence-electron chi connectivity index (χ1n) is 8.86. The summed E-state index contributed by atoms with van der Waals surface area (Å²) in [5.41, 5.74) is 1.52. The van der Waals surface area contributed by atoms with Gasteiger partial charge in [0.05, 0.1) is 23.0 Å². The molecule has 1 saturated carbocycles. The first-order chi connectivity index (χ1) is 12.5. The second kappa shape index (κ2) is 6.97. The number of fused-ring (bicyclic) bond motifs is 1. The fourth-order valence-corrected chi connectivity index (χ4v) is 3.96. The molecule has 2 aromatic carbocycles. The van der Waals surface area contributed by atoms with Crippen LogP contribution in [0.1, 0.15) is 43.9 Å². The lowest BCUT2D eigenvalue weighted by Crippen LogP contribution is -2.19. The smallest absolute Gasteiger partial charge is 0.161 e. The monoisotopic (exact) mass is 376 g/mol. The molecule has 4 rings (SSSR count). The van der Waals surface area contributed by atoms with E-state index in [2.05, 4.69) is 5.10 Å². The summed E-state index contributed by atoms with van der Waals surface area (Å²) in [6.07, 6.45) is 4.34. The molecule has 1 unspecified atom stereocenters. The Morgan fingerprint density at radius 2 is 1.69 bits per heavy atom. The molecule has 0 bridgehead atoms. The van der Waals surface area contributed by atoms with Crippen molar-refractivity contribution in [3.63, 3.8) is 0 Å². The average Bonchev–Trinajstić information content (AvgIpc) is 3.01. The molecule has 0 amide bonds. The molecule has 136 valence electrons. The van der Waals surface area contributed by atoms with Crippen molar-refractivity contribution in [3.05, 3.63) is 58.7 Å².